The lowest BCUT2D eigenvalue weighted by atomic mass is 9.99. The Hall–Kier alpha value is -6.02. The summed E-state index contributed by atoms with van der Waals surface area (Å²) in [6, 6.07) is 16.4. The number of nitriles is 2. The van der Waals surface area contributed by atoms with Crippen LogP contribution in [0.1, 0.15) is 80.8 Å². The quantitative estimate of drug-likeness (QED) is 0.0832. The Balaban J connectivity index is 1.04. The highest BCUT2D eigenvalue weighted by Crippen LogP contribution is 2.34. The van der Waals surface area contributed by atoms with E-state index >= 15 is 0 Å². The third-order valence-corrected chi connectivity index (χ3v) is 9.42. The van der Waals surface area contributed by atoms with Crippen molar-refractivity contribution in [2.24, 2.45) is 0 Å². The third-order valence-electron chi connectivity index (χ3n) is 9.42. The average Bonchev–Trinajstić information content (AvgIpc) is 3.74. The molecule has 0 spiro atoms. The molecular weight excluding hydrogens is 668 g/mol. The van der Waals surface area contributed by atoms with E-state index in [2.05, 4.69) is 21.9 Å². The van der Waals surface area contributed by atoms with E-state index in [0.717, 1.165) is 46.5 Å². The Kier molecular flexibility index (Phi) is 12.0. The molecule has 5 rings (SSSR count). The first kappa shape index (κ1) is 37.2. The predicted molar refractivity (Wildman–Crippen MR) is 191 cm³/mol. The van der Waals surface area contributed by atoms with Crippen LogP contribution in [0.4, 0.5) is 11.4 Å². The fourth-order valence-electron chi connectivity index (χ4n) is 6.82. The van der Waals surface area contributed by atoms with E-state index in [9.17, 15) is 40.3 Å². The zero-order chi connectivity index (χ0) is 37.4. The molecule has 0 N–H and O–H groups in total. The molecule has 0 amide bonds. The van der Waals surface area contributed by atoms with E-state index < -0.39 is 24.0 Å². The van der Waals surface area contributed by atoms with Crippen LogP contribution in [-0.4, -0.2) is 73.3 Å². The maximum absolute atomic E-state index is 12.7. The van der Waals surface area contributed by atoms with Crippen LogP contribution in [0.25, 0.3) is 0 Å². The molecule has 2 unspecified atom stereocenters. The summed E-state index contributed by atoms with van der Waals surface area (Å²) in [7, 11) is 0. The zero-order valence-corrected chi connectivity index (χ0v) is 29.2. The standard InChI is InChI=1S/C38H40N6O8/c1-25(43(47)48)17-27-19-31-9-13-41(35(31)33(21-27)23-39)11-3-15-51-37(45)29-5-7-30(8-6-29)38(46)52-16-4-12-42-14-10-32-20-28(18-26(2)44(49)50)22-34(24-40)36(32)42/h5-8,19-22,25-26H,3-4,9-18H2,1-2H3. The van der Waals surface area contributed by atoms with Crippen molar-refractivity contribution in [2.75, 3.05) is 49.2 Å². The normalized spacial score (nSPS) is 14.1. The molecule has 14 nitrogen and oxygen atoms in total. The molecule has 0 aliphatic carbocycles. The second-order valence-corrected chi connectivity index (χ2v) is 13.2. The molecule has 0 saturated carbocycles. The Bertz CT molecular complexity index is 1790. The van der Waals surface area contributed by atoms with Gasteiger partial charge in [-0.05, 0) is 84.3 Å². The summed E-state index contributed by atoms with van der Waals surface area (Å²) in [6.45, 7) is 5.96. The van der Waals surface area contributed by atoms with E-state index in [1.54, 1.807) is 26.0 Å². The number of hydrogen-bond donors (Lipinski definition) is 0. The Morgan fingerprint density at radius 3 is 1.46 bits per heavy atom. The number of esters is 2. The number of nitro groups is 2. The van der Waals surface area contributed by atoms with Gasteiger partial charge < -0.3 is 19.3 Å². The van der Waals surface area contributed by atoms with E-state index in [0.29, 0.717) is 61.3 Å². The van der Waals surface area contributed by atoms with E-state index in [1.165, 1.54) is 24.3 Å². The molecule has 2 aliphatic heterocycles. The minimum Gasteiger partial charge on any atom is -0.462 e. The highest BCUT2D eigenvalue weighted by Gasteiger charge is 2.26. The van der Waals surface area contributed by atoms with Crippen molar-refractivity contribution in [2.45, 2.75) is 64.5 Å². The first-order valence-electron chi connectivity index (χ1n) is 17.3. The fourth-order valence-corrected chi connectivity index (χ4v) is 6.82. The molecule has 3 aromatic rings. The summed E-state index contributed by atoms with van der Waals surface area (Å²) >= 11 is 0. The SMILES string of the molecule is CC(Cc1cc(C#N)c2c(c1)CCN2CCCOC(=O)c1ccc(C(=O)OCCCN2CCc3cc(CC(C)[N+](=O)[O-])cc(C#N)c32)cc1)[N+](=O)[O-]. The van der Waals surface area contributed by atoms with Crippen LogP contribution in [-0.2, 0) is 35.2 Å². The van der Waals surface area contributed by atoms with Crippen LogP contribution in [0, 0.1) is 42.9 Å². The van der Waals surface area contributed by atoms with Gasteiger partial charge in [-0.2, -0.15) is 10.5 Å². The molecule has 14 heteroatoms. The van der Waals surface area contributed by atoms with Crippen LogP contribution < -0.4 is 9.80 Å². The number of nitrogens with zero attached hydrogens (tertiary/aromatic N) is 6. The third kappa shape index (κ3) is 8.82. The first-order valence-corrected chi connectivity index (χ1v) is 17.3. The zero-order valence-electron chi connectivity index (χ0n) is 29.2. The lowest BCUT2D eigenvalue weighted by Crippen LogP contribution is -2.24. The number of benzene rings is 3. The summed E-state index contributed by atoms with van der Waals surface area (Å²) in [5, 5.41) is 41.7. The average molecular weight is 709 g/mol. The fraction of sp³-hybridized carbons (Fsp3) is 0.421. The molecule has 0 bridgehead atoms. The number of hydrogen-bond acceptors (Lipinski definition) is 12. The van der Waals surface area contributed by atoms with Gasteiger partial charge in [-0.3, -0.25) is 20.2 Å². The molecule has 270 valence electrons. The van der Waals surface area contributed by atoms with Gasteiger partial charge in [0.1, 0.15) is 12.1 Å². The maximum atomic E-state index is 12.7. The van der Waals surface area contributed by atoms with E-state index in [1.807, 2.05) is 12.1 Å². The maximum Gasteiger partial charge on any atom is 0.338 e. The molecule has 2 aliphatic rings. The topological polar surface area (TPSA) is 193 Å². The van der Waals surface area contributed by atoms with E-state index in [-0.39, 0.29) is 35.9 Å². The minimum absolute atomic E-state index is 0.161. The van der Waals surface area contributed by atoms with Crippen molar-refractivity contribution in [3.63, 3.8) is 0 Å². The van der Waals surface area contributed by atoms with Crippen LogP contribution in [0.5, 0.6) is 0 Å². The van der Waals surface area contributed by atoms with Crippen molar-refractivity contribution in [1.82, 2.24) is 0 Å². The minimum atomic E-state index is -0.739. The predicted octanol–water partition coefficient (Wildman–Crippen LogP) is 5.06. The summed E-state index contributed by atoms with van der Waals surface area (Å²) in [5.74, 6) is -1.04. The summed E-state index contributed by atoms with van der Waals surface area (Å²) in [4.78, 5) is 51.0. The Morgan fingerprint density at radius 1 is 0.731 bits per heavy atom. The van der Waals surface area contributed by atoms with Crippen molar-refractivity contribution >= 4 is 23.3 Å². The number of anilines is 2. The highest BCUT2D eigenvalue weighted by molar-refractivity contribution is 5.93. The lowest BCUT2D eigenvalue weighted by Gasteiger charge is -2.21. The van der Waals surface area contributed by atoms with E-state index in [4.69, 9.17) is 9.47 Å². The summed E-state index contributed by atoms with van der Waals surface area (Å²) < 4.78 is 10.9. The molecule has 0 saturated heterocycles. The van der Waals surface area contributed by atoms with Gasteiger partial charge in [0, 0.05) is 62.7 Å². The number of fused-ring (bicyclic) bond motifs is 2. The Labute approximate surface area is 301 Å². The number of carbonyl (C=O) groups is 2. The molecule has 3 aromatic carbocycles. The van der Waals surface area contributed by atoms with Gasteiger partial charge in [0.25, 0.3) is 0 Å². The molecule has 2 atom stereocenters. The Morgan fingerprint density at radius 2 is 1.12 bits per heavy atom. The molecular formula is C38H40N6O8. The van der Waals surface area contributed by atoms with Gasteiger partial charge in [-0.15, -0.1) is 0 Å². The number of ether oxygens (including phenoxy) is 2. The first-order chi connectivity index (χ1) is 25.0. The number of carbonyl (C=O) groups excluding carboxylic acids is 2. The van der Waals surface area contributed by atoms with Gasteiger partial charge in [-0.25, -0.2) is 9.59 Å². The lowest BCUT2D eigenvalue weighted by molar-refractivity contribution is -0.517. The molecule has 0 aromatic heterocycles. The largest absolute Gasteiger partial charge is 0.462 e. The van der Waals surface area contributed by atoms with Crippen molar-refractivity contribution in [3.8, 4) is 12.1 Å². The van der Waals surface area contributed by atoms with Crippen LogP contribution >= 0.6 is 0 Å². The van der Waals surface area contributed by atoms with Gasteiger partial charge >= 0.3 is 11.9 Å². The highest BCUT2D eigenvalue weighted by atomic mass is 16.6. The second kappa shape index (κ2) is 16.8. The van der Waals surface area contributed by atoms with Crippen molar-refractivity contribution < 1.29 is 28.9 Å². The van der Waals surface area contributed by atoms with Gasteiger partial charge in [0.05, 0.1) is 46.8 Å². The van der Waals surface area contributed by atoms with Crippen molar-refractivity contribution in [1.29, 1.82) is 10.5 Å². The molecule has 52 heavy (non-hydrogen) atoms. The smallest absolute Gasteiger partial charge is 0.338 e. The van der Waals surface area contributed by atoms with Crippen LogP contribution in [0.15, 0.2) is 48.5 Å². The van der Waals surface area contributed by atoms with Crippen LogP contribution in [0.3, 0.4) is 0 Å². The molecule has 0 radical (unpaired) electrons. The molecule has 0 fully saturated rings. The van der Waals surface area contributed by atoms with Crippen LogP contribution in [0.2, 0.25) is 0 Å². The second-order valence-electron chi connectivity index (χ2n) is 13.2. The monoisotopic (exact) mass is 708 g/mol. The summed E-state index contributed by atoms with van der Waals surface area (Å²) in [5.41, 5.74) is 6.76. The molecule has 2 heterocycles. The van der Waals surface area contributed by atoms with Gasteiger partial charge in [0.15, 0.2) is 0 Å². The summed E-state index contributed by atoms with van der Waals surface area (Å²) in [6.07, 6.45) is 3.04. The number of rotatable bonds is 16. The van der Waals surface area contributed by atoms with Crippen molar-refractivity contribution in [3.05, 3.63) is 113 Å². The van der Waals surface area contributed by atoms with Gasteiger partial charge in [0.2, 0.25) is 12.1 Å². The van der Waals surface area contributed by atoms with Gasteiger partial charge in [-0.1, -0.05) is 12.1 Å².